The summed E-state index contributed by atoms with van der Waals surface area (Å²) in [7, 11) is 8.11. The van der Waals surface area contributed by atoms with E-state index in [1.165, 1.54) is 11.1 Å². The van der Waals surface area contributed by atoms with Crippen LogP contribution in [-0.4, -0.2) is 50.5 Å². The van der Waals surface area contributed by atoms with Gasteiger partial charge in [0.05, 0.1) is 6.54 Å². The Bertz CT molecular complexity index is 435. The van der Waals surface area contributed by atoms with Crippen LogP contribution in [0.4, 0.5) is 0 Å². The molecule has 0 N–H and O–H groups in total. The normalized spacial score (nSPS) is 11.1. The molecule has 0 amide bonds. The van der Waals surface area contributed by atoms with E-state index in [0.717, 1.165) is 12.5 Å². The van der Waals surface area contributed by atoms with Gasteiger partial charge >= 0.3 is 0 Å². The number of nitrogens with zero attached hydrogens (tertiary/aromatic N) is 3. The minimum atomic E-state index is 0.0443. The van der Waals surface area contributed by atoms with Crippen LogP contribution in [0.1, 0.15) is 25.0 Å². The summed E-state index contributed by atoms with van der Waals surface area (Å²) in [6, 6.07) is 8.56. The highest BCUT2D eigenvalue weighted by atomic mass is 15.3. The molecule has 0 aromatic heterocycles. The van der Waals surface area contributed by atoms with Gasteiger partial charge in [-0.1, -0.05) is 38.1 Å². The van der Waals surface area contributed by atoms with Gasteiger partial charge in [-0.05, 0) is 18.1 Å². The average molecular weight is 261 g/mol. The monoisotopic (exact) mass is 261 g/mol. The zero-order valence-corrected chi connectivity index (χ0v) is 13.4. The maximum Gasteiger partial charge on any atom is 0.195 e. The van der Waals surface area contributed by atoms with Gasteiger partial charge in [-0.3, -0.25) is 4.99 Å². The standard InChI is InChI=1S/C16H27N3/c1-13-10-8-9-11-14(13)16(2,3)12-17-15(18(4)5)19(6)7/h8-11H,12H2,1-7H3. The van der Waals surface area contributed by atoms with E-state index in [0.29, 0.717) is 0 Å². The van der Waals surface area contributed by atoms with Crippen LogP contribution in [0.2, 0.25) is 0 Å². The van der Waals surface area contributed by atoms with Crippen molar-refractivity contribution in [2.45, 2.75) is 26.2 Å². The van der Waals surface area contributed by atoms with Gasteiger partial charge in [0.1, 0.15) is 0 Å². The Hall–Kier alpha value is -1.51. The van der Waals surface area contributed by atoms with Crippen LogP contribution in [0.15, 0.2) is 29.3 Å². The summed E-state index contributed by atoms with van der Waals surface area (Å²) in [5.41, 5.74) is 2.75. The van der Waals surface area contributed by atoms with E-state index >= 15 is 0 Å². The van der Waals surface area contributed by atoms with Crippen LogP contribution in [0.5, 0.6) is 0 Å². The lowest BCUT2D eigenvalue weighted by atomic mass is 9.82. The summed E-state index contributed by atoms with van der Waals surface area (Å²) in [5, 5.41) is 0. The lowest BCUT2D eigenvalue weighted by Gasteiger charge is -2.28. The highest BCUT2D eigenvalue weighted by Crippen LogP contribution is 2.26. The van der Waals surface area contributed by atoms with Crippen molar-refractivity contribution in [1.29, 1.82) is 0 Å². The fourth-order valence-corrected chi connectivity index (χ4v) is 2.37. The summed E-state index contributed by atoms with van der Waals surface area (Å²) < 4.78 is 0. The van der Waals surface area contributed by atoms with E-state index in [-0.39, 0.29) is 5.41 Å². The molecule has 0 heterocycles. The third-order valence-corrected chi connectivity index (χ3v) is 3.29. The zero-order valence-electron chi connectivity index (χ0n) is 13.4. The molecule has 19 heavy (non-hydrogen) atoms. The SMILES string of the molecule is Cc1ccccc1C(C)(C)CN=C(N(C)C)N(C)C. The summed E-state index contributed by atoms with van der Waals surface area (Å²) in [6.45, 7) is 7.45. The van der Waals surface area contributed by atoms with Crippen molar-refractivity contribution in [1.82, 2.24) is 9.80 Å². The number of hydrogen-bond acceptors (Lipinski definition) is 1. The molecule has 0 aliphatic rings. The molecule has 1 aromatic rings. The van der Waals surface area contributed by atoms with Gasteiger partial charge < -0.3 is 9.80 Å². The second-order valence-electron chi connectivity index (χ2n) is 6.10. The van der Waals surface area contributed by atoms with Crippen molar-refractivity contribution < 1.29 is 0 Å². The molecular formula is C16H27N3. The van der Waals surface area contributed by atoms with Crippen molar-refractivity contribution >= 4 is 5.96 Å². The van der Waals surface area contributed by atoms with E-state index in [9.17, 15) is 0 Å². The van der Waals surface area contributed by atoms with Gasteiger partial charge in [0.25, 0.3) is 0 Å². The number of hydrogen-bond donors (Lipinski definition) is 0. The first kappa shape index (κ1) is 15.5. The molecule has 0 saturated carbocycles. The maximum absolute atomic E-state index is 4.78. The van der Waals surface area contributed by atoms with E-state index in [4.69, 9.17) is 4.99 Å². The van der Waals surface area contributed by atoms with Crippen LogP contribution < -0.4 is 0 Å². The highest BCUT2D eigenvalue weighted by molar-refractivity contribution is 5.79. The Morgan fingerprint density at radius 1 is 1.05 bits per heavy atom. The van der Waals surface area contributed by atoms with Crippen LogP contribution in [0.3, 0.4) is 0 Å². The van der Waals surface area contributed by atoms with Gasteiger partial charge in [-0.25, -0.2) is 0 Å². The molecule has 1 aromatic carbocycles. The molecule has 0 saturated heterocycles. The van der Waals surface area contributed by atoms with Crippen LogP contribution in [-0.2, 0) is 5.41 Å². The smallest absolute Gasteiger partial charge is 0.195 e. The third-order valence-electron chi connectivity index (χ3n) is 3.29. The van der Waals surface area contributed by atoms with E-state index in [1.54, 1.807) is 0 Å². The zero-order chi connectivity index (χ0) is 14.6. The number of benzene rings is 1. The van der Waals surface area contributed by atoms with Crippen molar-refractivity contribution in [2.24, 2.45) is 4.99 Å². The fraction of sp³-hybridized carbons (Fsp3) is 0.562. The minimum Gasteiger partial charge on any atom is -0.349 e. The molecule has 0 bridgehead atoms. The summed E-state index contributed by atoms with van der Waals surface area (Å²) in [4.78, 5) is 8.88. The Morgan fingerprint density at radius 2 is 1.58 bits per heavy atom. The lowest BCUT2D eigenvalue weighted by molar-refractivity contribution is 0.464. The fourth-order valence-electron chi connectivity index (χ4n) is 2.37. The number of aliphatic imine (C=N–C) groups is 1. The molecule has 0 unspecified atom stereocenters. The van der Waals surface area contributed by atoms with Crippen molar-refractivity contribution in [2.75, 3.05) is 34.7 Å². The van der Waals surface area contributed by atoms with E-state index in [2.05, 4.69) is 45.0 Å². The van der Waals surface area contributed by atoms with Gasteiger partial charge in [-0.15, -0.1) is 0 Å². The largest absolute Gasteiger partial charge is 0.349 e. The van der Waals surface area contributed by atoms with Crippen LogP contribution >= 0.6 is 0 Å². The summed E-state index contributed by atoms with van der Waals surface area (Å²) in [6.07, 6.45) is 0. The van der Waals surface area contributed by atoms with Gasteiger partial charge in [0, 0.05) is 33.6 Å². The predicted molar refractivity (Wildman–Crippen MR) is 83.9 cm³/mol. The summed E-state index contributed by atoms with van der Waals surface area (Å²) in [5.74, 6) is 1.00. The Labute approximate surface area is 117 Å². The van der Waals surface area contributed by atoms with Gasteiger partial charge in [0.2, 0.25) is 0 Å². The first-order chi connectivity index (χ1) is 8.75. The molecule has 0 spiro atoms. The lowest BCUT2D eigenvalue weighted by Crippen LogP contribution is -2.37. The Morgan fingerprint density at radius 3 is 2.05 bits per heavy atom. The first-order valence-electron chi connectivity index (χ1n) is 6.71. The molecule has 0 aliphatic carbocycles. The van der Waals surface area contributed by atoms with Crippen LogP contribution in [0.25, 0.3) is 0 Å². The minimum absolute atomic E-state index is 0.0443. The van der Waals surface area contributed by atoms with E-state index in [1.807, 2.05) is 38.0 Å². The first-order valence-corrected chi connectivity index (χ1v) is 6.71. The average Bonchev–Trinajstić information content (AvgIpc) is 2.28. The second kappa shape index (κ2) is 6.09. The number of rotatable bonds is 3. The molecule has 0 aliphatic heterocycles. The van der Waals surface area contributed by atoms with Gasteiger partial charge in [0.15, 0.2) is 5.96 Å². The second-order valence-corrected chi connectivity index (χ2v) is 6.10. The molecular weight excluding hydrogens is 234 g/mol. The predicted octanol–water partition coefficient (Wildman–Crippen LogP) is 2.75. The Kier molecular flexibility index (Phi) is 4.98. The molecule has 106 valence electrons. The molecule has 0 radical (unpaired) electrons. The van der Waals surface area contributed by atoms with Crippen molar-refractivity contribution in [3.63, 3.8) is 0 Å². The third kappa shape index (κ3) is 3.98. The molecule has 0 atom stereocenters. The Balaban J connectivity index is 2.97. The highest BCUT2D eigenvalue weighted by Gasteiger charge is 2.22. The molecule has 0 fully saturated rings. The van der Waals surface area contributed by atoms with Crippen molar-refractivity contribution in [3.05, 3.63) is 35.4 Å². The molecule has 3 nitrogen and oxygen atoms in total. The number of guanidine groups is 1. The quantitative estimate of drug-likeness (QED) is 0.615. The number of aryl methyl sites for hydroxylation is 1. The topological polar surface area (TPSA) is 18.8 Å². The van der Waals surface area contributed by atoms with Crippen molar-refractivity contribution in [3.8, 4) is 0 Å². The summed E-state index contributed by atoms with van der Waals surface area (Å²) >= 11 is 0. The molecule has 3 heteroatoms. The molecule has 1 rings (SSSR count). The van der Waals surface area contributed by atoms with Gasteiger partial charge in [-0.2, -0.15) is 0 Å². The maximum atomic E-state index is 4.78. The van der Waals surface area contributed by atoms with E-state index < -0.39 is 0 Å². The van der Waals surface area contributed by atoms with Crippen LogP contribution in [0, 0.1) is 6.92 Å².